The van der Waals surface area contributed by atoms with Crippen molar-refractivity contribution in [3.63, 3.8) is 0 Å². The van der Waals surface area contributed by atoms with Gasteiger partial charge in [0.15, 0.2) is 5.69 Å². The third-order valence-corrected chi connectivity index (χ3v) is 3.45. The van der Waals surface area contributed by atoms with Gasteiger partial charge >= 0.3 is 11.9 Å². The summed E-state index contributed by atoms with van der Waals surface area (Å²) in [4.78, 5) is 22.7. The van der Waals surface area contributed by atoms with Crippen molar-refractivity contribution in [1.29, 1.82) is 0 Å². The van der Waals surface area contributed by atoms with Crippen LogP contribution in [0.1, 0.15) is 28.7 Å². The van der Waals surface area contributed by atoms with Crippen LogP contribution in [0.25, 0.3) is 11.3 Å². The number of carbonyl (C=O) groups excluding carboxylic acids is 1. The zero-order valence-corrected chi connectivity index (χ0v) is 11.4. The van der Waals surface area contributed by atoms with Crippen LogP contribution in [0.5, 0.6) is 0 Å². The maximum atomic E-state index is 11.8. The summed E-state index contributed by atoms with van der Waals surface area (Å²) in [7, 11) is 0. The summed E-state index contributed by atoms with van der Waals surface area (Å²) in [5.41, 5.74) is 3.44. The summed E-state index contributed by atoms with van der Waals surface area (Å²) in [5.74, 6) is -1.39. The maximum absolute atomic E-state index is 11.8. The van der Waals surface area contributed by atoms with Crippen molar-refractivity contribution >= 4 is 11.9 Å². The van der Waals surface area contributed by atoms with Gasteiger partial charge in [-0.25, -0.2) is 4.79 Å². The van der Waals surface area contributed by atoms with Crippen LogP contribution in [-0.4, -0.2) is 43.6 Å². The van der Waals surface area contributed by atoms with Crippen LogP contribution in [0.4, 0.5) is 0 Å². The smallest absolute Gasteiger partial charge is 0.359 e. The second-order valence-electron chi connectivity index (χ2n) is 4.70. The molecule has 1 aliphatic carbocycles. The quantitative estimate of drug-likeness (QED) is 0.799. The van der Waals surface area contributed by atoms with E-state index in [9.17, 15) is 9.59 Å². The Labute approximate surface area is 119 Å². The molecule has 2 heterocycles. The van der Waals surface area contributed by atoms with Crippen molar-refractivity contribution in [3.8, 4) is 11.3 Å². The molecule has 2 aromatic heterocycles. The Bertz CT molecular complexity index is 716. The SMILES string of the molecule is CCOC(=O)c1n[nH]c2c1CCc1c-2cnn1CC(=O)O. The zero-order chi connectivity index (χ0) is 15.0. The average Bonchev–Trinajstić information content (AvgIpc) is 3.02. The first-order valence-corrected chi connectivity index (χ1v) is 6.63. The van der Waals surface area contributed by atoms with E-state index in [1.54, 1.807) is 13.1 Å². The molecular weight excluding hydrogens is 276 g/mol. The lowest BCUT2D eigenvalue weighted by atomic mass is 9.94. The number of aromatic nitrogens is 4. The molecule has 0 amide bonds. The zero-order valence-electron chi connectivity index (χ0n) is 11.4. The van der Waals surface area contributed by atoms with Gasteiger partial charge in [0.05, 0.1) is 18.5 Å². The molecule has 0 bridgehead atoms. The van der Waals surface area contributed by atoms with Crippen molar-refractivity contribution in [2.75, 3.05) is 6.61 Å². The van der Waals surface area contributed by atoms with Gasteiger partial charge in [0.2, 0.25) is 0 Å². The van der Waals surface area contributed by atoms with Gasteiger partial charge in [-0.15, -0.1) is 0 Å². The number of fused-ring (bicyclic) bond motifs is 3. The number of nitrogens with one attached hydrogen (secondary N) is 1. The fraction of sp³-hybridized carbons (Fsp3) is 0.385. The fourth-order valence-electron chi connectivity index (χ4n) is 2.59. The number of rotatable bonds is 4. The first kappa shape index (κ1) is 13.3. The molecule has 0 aliphatic heterocycles. The summed E-state index contributed by atoms with van der Waals surface area (Å²) >= 11 is 0. The van der Waals surface area contributed by atoms with Crippen LogP contribution in [0.15, 0.2) is 6.20 Å². The molecule has 0 radical (unpaired) electrons. The molecule has 1 aliphatic rings. The molecule has 8 nitrogen and oxygen atoms in total. The molecule has 2 aromatic rings. The number of H-pyrrole nitrogens is 1. The monoisotopic (exact) mass is 290 g/mol. The summed E-state index contributed by atoms with van der Waals surface area (Å²) in [5, 5.41) is 19.8. The predicted octanol–water partition coefficient (Wildman–Crippen LogP) is 0.633. The van der Waals surface area contributed by atoms with E-state index in [-0.39, 0.29) is 6.54 Å². The van der Waals surface area contributed by atoms with Gasteiger partial charge in [0.25, 0.3) is 0 Å². The topological polar surface area (TPSA) is 110 Å². The summed E-state index contributed by atoms with van der Waals surface area (Å²) in [6.07, 6.45) is 2.81. The number of aliphatic carboxylic acids is 1. The number of hydrogen-bond donors (Lipinski definition) is 2. The van der Waals surface area contributed by atoms with Crippen LogP contribution < -0.4 is 0 Å². The Morgan fingerprint density at radius 3 is 3.00 bits per heavy atom. The van der Waals surface area contributed by atoms with Gasteiger partial charge in [-0.2, -0.15) is 10.2 Å². The van der Waals surface area contributed by atoms with Crippen molar-refractivity contribution in [2.24, 2.45) is 0 Å². The van der Waals surface area contributed by atoms with Crippen molar-refractivity contribution in [1.82, 2.24) is 20.0 Å². The Morgan fingerprint density at radius 2 is 2.29 bits per heavy atom. The van der Waals surface area contributed by atoms with Crippen LogP contribution in [0.2, 0.25) is 0 Å². The number of carbonyl (C=O) groups is 2. The van der Waals surface area contributed by atoms with Crippen molar-refractivity contribution in [3.05, 3.63) is 23.1 Å². The minimum Gasteiger partial charge on any atom is -0.480 e. The van der Waals surface area contributed by atoms with Gasteiger partial charge in [-0.1, -0.05) is 0 Å². The van der Waals surface area contributed by atoms with E-state index in [1.165, 1.54) is 4.68 Å². The van der Waals surface area contributed by atoms with Crippen molar-refractivity contribution < 1.29 is 19.4 Å². The molecular formula is C13H14N4O4. The van der Waals surface area contributed by atoms with Gasteiger partial charge in [0, 0.05) is 16.8 Å². The lowest BCUT2D eigenvalue weighted by Gasteiger charge is -2.14. The molecule has 2 N–H and O–H groups in total. The lowest BCUT2D eigenvalue weighted by Crippen LogP contribution is -2.16. The minimum atomic E-state index is -0.941. The Kier molecular flexibility index (Phi) is 3.20. The third-order valence-electron chi connectivity index (χ3n) is 3.45. The Balaban J connectivity index is 1.99. The number of carboxylic acids is 1. The number of nitrogens with zero attached hydrogens (tertiary/aromatic N) is 3. The highest BCUT2D eigenvalue weighted by Crippen LogP contribution is 2.33. The third kappa shape index (κ3) is 2.18. The largest absolute Gasteiger partial charge is 0.480 e. The highest BCUT2D eigenvalue weighted by molar-refractivity contribution is 5.91. The highest BCUT2D eigenvalue weighted by atomic mass is 16.5. The van der Waals surface area contributed by atoms with Crippen molar-refractivity contribution in [2.45, 2.75) is 26.3 Å². The second-order valence-corrected chi connectivity index (χ2v) is 4.70. The number of aromatic amines is 1. The average molecular weight is 290 g/mol. The van der Waals surface area contributed by atoms with E-state index in [2.05, 4.69) is 15.3 Å². The second kappa shape index (κ2) is 5.04. The van der Waals surface area contributed by atoms with E-state index in [0.717, 1.165) is 22.5 Å². The fourth-order valence-corrected chi connectivity index (χ4v) is 2.59. The molecule has 0 spiro atoms. The molecule has 0 saturated heterocycles. The Morgan fingerprint density at radius 1 is 1.48 bits per heavy atom. The lowest BCUT2D eigenvalue weighted by molar-refractivity contribution is -0.137. The summed E-state index contributed by atoms with van der Waals surface area (Å²) in [6.45, 7) is 1.86. The van der Waals surface area contributed by atoms with Gasteiger partial charge in [0.1, 0.15) is 6.54 Å². The van der Waals surface area contributed by atoms with E-state index >= 15 is 0 Å². The number of hydrogen-bond acceptors (Lipinski definition) is 5. The van der Waals surface area contributed by atoms with E-state index in [1.807, 2.05) is 0 Å². The van der Waals surface area contributed by atoms with Crippen LogP contribution >= 0.6 is 0 Å². The Hall–Kier alpha value is -2.64. The number of esters is 1. The minimum absolute atomic E-state index is 0.177. The molecule has 0 saturated carbocycles. The van der Waals surface area contributed by atoms with Gasteiger partial charge in [-0.3, -0.25) is 14.6 Å². The molecule has 110 valence electrons. The van der Waals surface area contributed by atoms with Crippen LogP contribution in [0, 0.1) is 0 Å². The van der Waals surface area contributed by atoms with Crippen LogP contribution in [-0.2, 0) is 28.9 Å². The van der Waals surface area contributed by atoms with E-state index in [0.29, 0.717) is 25.1 Å². The summed E-state index contributed by atoms with van der Waals surface area (Å²) < 4.78 is 6.44. The molecule has 0 aromatic carbocycles. The molecule has 0 fully saturated rings. The van der Waals surface area contributed by atoms with Crippen LogP contribution in [0.3, 0.4) is 0 Å². The highest BCUT2D eigenvalue weighted by Gasteiger charge is 2.28. The normalized spacial score (nSPS) is 12.6. The first-order valence-electron chi connectivity index (χ1n) is 6.63. The standard InChI is InChI=1S/C13H14N4O4/c1-2-21-13(20)12-7-3-4-9-8(11(7)15-16-12)5-14-17(9)6-10(18)19/h5H,2-4,6H2,1H3,(H,15,16)(H,18,19). The van der Waals surface area contributed by atoms with Gasteiger partial charge < -0.3 is 9.84 Å². The molecule has 21 heavy (non-hydrogen) atoms. The van der Waals surface area contributed by atoms with E-state index < -0.39 is 11.9 Å². The molecule has 0 unspecified atom stereocenters. The number of ether oxygens (including phenoxy) is 1. The molecule has 3 rings (SSSR count). The molecule has 8 heteroatoms. The maximum Gasteiger partial charge on any atom is 0.359 e. The van der Waals surface area contributed by atoms with Gasteiger partial charge in [-0.05, 0) is 19.8 Å². The summed E-state index contributed by atoms with van der Waals surface area (Å²) in [6, 6.07) is 0. The molecule has 0 atom stereocenters. The van der Waals surface area contributed by atoms with E-state index in [4.69, 9.17) is 9.84 Å². The number of carboxylic acid groups (broad SMARTS) is 1. The predicted molar refractivity (Wildman–Crippen MR) is 70.8 cm³/mol. The first-order chi connectivity index (χ1) is 10.1.